The number of rotatable bonds is 5. The van der Waals surface area contributed by atoms with Gasteiger partial charge in [-0.1, -0.05) is 36.5 Å². The lowest BCUT2D eigenvalue weighted by molar-refractivity contribution is -0.143. The van der Waals surface area contributed by atoms with Crippen molar-refractivity contribution >= 4 is 40.9 Å². The number of hydrogen-bond acceptors (Lipinski definition) is 2. The fourth-order valence-corrected chi connectivity index (χ4v) is 2.17. The number of carbonyl (C=O) groups excluding carboxylic acids is 1. The molecule has 7 heteroatoms. The van der Waals surface area contributed by atoms with Gasteiger partial charge in [-0.15, -0.1) is 0 Å². The maximum Gasteiger partial charge on any atom is 0.329 e. The third-order valence-electron chi connectivity index (χ3n) is 2.79. The van der Waals surface area contributed by atoms with E-state index in [1.54, 1.807) is 12.1 Å². The summed E-state index contributed by atoms with van der Waals surface area (Å²) in [5.41, 5.74) is -0.963. The van der Waals surface area contributed by atoms with Gasteiger partial charge in [0.1, 0.15) is 5.54 Å². The normalized spacial score (nSPS) is 13.4. The van der Waals surface area contributed by atoms with Crippen LogP contribution in [0.3, 0.4) is 0 Å². The van der Waals surface area contributed by atoms with Crippen LogP contribution in [0.1, 0.15) is 26.7 Å². The Balaban J connectivity index is 2.78. The average molecular weight is 319 g/mol. The predicted molar refractivity (Wildman–Crippen MR) is 79.6 cm³/mol. The van der Waals surface area contributed by atoms with Crippen molar-refractivity contribution in [1.29, 1.82) is 0 Å². The highest BCUT2D eigenvalue weighted by Gasteiger charge is 2.33. The molecule has 1 unspecified atom stereocenters. The van der Waals surface area contributed by atoms with Crippen LogP contribution in [0, 0.1) is 0 Å². The zero-order valence-corrected chi connectivity index (χ0v) is 12.7. The molecule has 1 rings (SSSR count). The SMILES string of the molecule is CCCC(C)(NC(=O)Nc1ccc(Cl)cc1Cl)C(=O)O. The van der Waals surface area contributed by atoms with Gasteiger partial charge in [-0.25, -0.2) is 9.59 Å². The molecule has 0 aliphatic carbocycles. The van der Waals surface area contributed by atoms with Crippen molar-refractivity contribution in [3.63, 3.8) is 0 Å². The van der Waals surface area contributed by atoms with Gasteiger partial charge in [-0.2, -0.15) is 0 Å². The first-order chi connectivity index (χ1) is 9.28. The molecule has 2 amide bonds. The van der Waals surface area contributed by atoms with E-state index in [4.69, 9.17) is 23.2 Å². The minimum absolute atomic E-state index is 0.278. The van der Waals surface area contributed by atoms with Crippen molar-refractivity contribution in [2.45, 2.75) is 32.2 Å². The standard InChI is InChI=1S/C13H16Cl2N2O3/c1-3-6-13(2,11(18)19)17-12(20)16-10-5-4-8(14)7-9(10)15/h4-5,7H,3,6H2,1-2H3,(H,18,19)(H2,16,17,20). The van der Waals surface area contributed by atoms with Gasteiger partial charge < -0.3 is 15.7 Å². The zero-order chi connectivity index (χ0) is 15.3. The Morgan fingerprint density at radius 3 is 2.50 bits per heavy atom. The van der Waals surface area contributed by atoms with Gasteiger partial charge in [0.25, 0.3) is 0 Å². The quantitative estimate of drug-likeness (QED) is 0.773. The molecule has 0 aliphatic heterocycles. The van der Waals surface area contributed by atoms with Crippen LogP contribution in [0.25, 0.3) is 0 Å². The number of carbonyl (C=O) groups is 2. The molecular formula is C13H16Cl2N2O3. The molecule has 1 atom stereocenters. The van der Waals surface area contributed by atoms with Gasteiger partial charge in [0.2, 0.25) is 0 Å². The maximum absolute atomic E-state index is 11.9. The molecule has 0 saturated carbocycles. The van der Waals surface area contributed by atoms with Gasteiger partial charge >= 0.3 is 12.0 Å². The Morgan fingerprint density at radius 2 is 2.00 bits per heavy atom. The van der Waals surface area contributed by atoms with Gasteiger partial charge in [0, 0.05) is 5.02 Å². The van der Waals surface area contributed by atoms with Crippen molar-refractivity contribution in [3.05, 3.63) is 28.2 Å². The lowest BCUT2D eigenvalue weighted by Crippen LogP contribution is -2.53. The van der Waals surface area contributed by atoms with Gasteiger partial charge in [-0.3, -0.25) is 0 Å². The lowest BCUT2D eigenvalue weighted by atomic mass is 9.97. The van der Waals surface area contributed by atoms with Crippen LogP contribution in [-0.4, -0.2) is 22.6 Å². The van der Waals surface area contributed by atoms with E-state index >= 15 is 0 Å². The summed E-state index contributed by atoms with van der Waals surface area (Å²) in [6, 6.07) is 3.97. The first kappa shape index (κ1) is 16.6. The van der Waals surface area contributed by atoms with Crippen LogP contribution in [0.2, 0.25) is 10.0 Å². The molecule has 20 heavy (non-hydrogen) atoms. The minimum atomic E-state index is -1.32. The molecule has 1 aromatic rings. The third-order valence-corrected chi connectivity index (χ3v) is 3.34. The number of nitrogens with one attached hydrogen (secondary N) is 2. The molecule has 0 aliphatic rings. The summed E-state index contributed by atoms with van der Waals surface area (Å²) >= 11 is 11.7. The van der Waals surface area contributed by atoms with Crippen LogP contribution >= 0.6 is 23.2 Å². The molecule has 0 aromatic heterocycles. The topological polar surface area (TPSA) is 78.4 Å². The second-order valence-electron chi connectivity index (χ2n) is 4.59. The van der Waals surface area contributed by atoms with E-state index in [1.807, 2.05) is 6.92 Å². The summed E-state index contributed by atoms with van der Waals surface area (Å²) < 4.78 is 0. The van der Waals surface area contributed by atoms with Crippen LogP contribution in [0.4, 0.5) is 10.5 Å². The number of urea groups is 1. The van der Waals surface area contributed by atoms with Crippen molar-refractivity contribution < 1.29 is 14.7 Å². The number of benzene rings is 1. The maximum atomic E-state index is 11.9. The lowest BCUT2D eigenvalue weighted by Gasteiger charge is -2.25. The molecule has 0 bridgehead atoms. The van der Waals surface area contributed by atoms with E-state index in [0.717, 1.165) is 0 Å². The fraction of sp³-hybridized carbons (Fsp3) is 0.385. The molecule has 0 saturated heterocycles. The molecule has 1 aromatic carbocycles. The number of amides is 2. The van der Waals surface area contributed by atoms with E-state index in [9.17, 15) is 14.7 Å². The molecular weight excluding hydrogens is 303 g/mol. The molecule has 0 spiro atoms. The van der Waals surface area contributed by atoms with E-state index in [-0.39, 0.29) is 5.02 Å². The van der Waals surface area contributed by atoms with Gasteiger partial charge in [0.15, 0.2) is 0 Å². The van der Waals surface area contributed by atoms with Crippen molar-refractivity contribution in [1.82, 2.24) is 5.32 Å². The Labute approximate surface area is 127 Å². The third kappa shape index (κ3) is 4.28. The second kappa shape index (κ2) is 6.81. The molecule has 3 N–H and O–H groups in total. The fourth-order valence-electron chi connectivity index (χ4n) is 1.72. The molecule has 0 heterocycles. The van der Waals surface area contributed by atoms with Crippen molar-refractivity contribution in [2.75, 3.05) is 5.32 Å². The van der Waals surface area contributed by atoms with E-state index in [1.165, 1.54) is 13.0 Å². The van der Waals surface area contributed by atoms with Crippen molar-refractivity contribution in [2.24, 2.45) is 0 Å². The molecule has 110 valence electrons. The summed E-state index contributed by atoms with van der Waals surface area (Å²) in [4.78, 5) is 23.1. The summed E-state index contributed by atoms with van der Waals surface area (Å²) in [7, 11) is 0. The highest BCUT2D eigenvalue weighted by molar-refractivity contribution is 6.36. The van der Waals surface area contributed by atoms with Gasteiger partial charge in [0.05, 0.1) is 10.7 Å². The number of aliphatic carboxylic acids is 1. The Bertz CT molecular complexity index is 522. The van der Waals surface area contributed by atoms with E-state index in [0.29, 0.717) is 23.6 Å². The number of halogens is 2. The molecule has 5 nitrogen and oxygen atoms in total. The van der Waals surface area contributed by atoms with Crippen LogP contribution in [-0.2, 0) is 4.79 Å². The smallest absolute Gasteiger partial charge is 0.329 e. The molecule has 0 radical (unpaired) electrons. The van der Waals surface area contributed by atoms with Crippen LogP contribution in [0.5, 0.6) is 0 Å². The number of carboxylic acids is 1. The Kier molecular flexibility index (Phi) is 5.65. The summed E-state index contributed by atoms with van der Waals surface area (Å²) in [6.07, 6.45) is 0.953. The summed E-state index contributed by atoms with van der Waals surface area (Å²) in [6.45, 7) is 3.30. The number of hydrogen-bond donors (Lipinski definition) is 3. The Hall–Kier alpha value is -1.46. The summed E-state index contributed by atoms with van der Waals surface area (Å²) in [5, 5.41) is 14.9. The summed E-state index contributed by atoms with van der Waals surface area (Å²) in [5.74, 6) is -1.09. The highest BCUT2D eigenvalue weighted by atomic mass is 35.5. The van der Waals surface area contributed by atoms with E-state index < -0.39 is 17.5 Å². The predicted octanol–water partition coefficient (Wildman–Crippen LogP) is 3.76. The number of anilines is 1. The Morgan fingerprint density at radius 1 is 1.35 bits per heavy atom. The second-order valence-corrected chi connectivity index (χ2v) is 5.43. The van der Waals surface area contributed by atoms with Gasteiger partial charge in [-0.05, 0) is 31.5 Å². The number of carboxylic acid groups (broad SMARTS) is 1. The first-order valence-electron chi connectivity index (χ1n) is 6.06. The van der Waals surface area contributed by atoms with Crippen LogP contribution < -0.4 is 10.6 Å². The first-order valence-corrected chi connectivity index (χ1v) is 6.81. The highest BCUT2D eigenvalue weighted by Crippen LogP contribution is 2.25. The largest absolute Gasteiger partial charge is 0.480 e. The average Bonchev–Trinajstić information content (AvgIpc) is 2.32. The monoisotopic (exact) mass is 318 g/mol. The van der Waals surface area contributed by atoms with Crippen molar-refractivity contribution in [3.8, 4) is 0 Å². The minimum Gasteiger partial charge on any atom is -0.480 e. The van der Waals surface area contributed by atoms with Crippen LogP contribution in [0.15, 0.2) is 18.2 Å². The van der Waals surface area contributed by atoms with E-state index in [2.05, 4.69) is 10.6 Å². The zero-order valence-electron chi connectivity index (χ0n) is 11.2. The molecule has 0 fully saturated rings.